The Balaban J connectivity index is 1.75. The Kier molecular flexibility index (Phi) is 5.03. The number of ether oxygens (including phenoxy) is 1. The average Bonchev–Trinajstić information content (AvgIpc) is 2.45. The predicted molar refractivity (Wildman–Crippen MR) is 73.8 cm³/mol. The van der Waals surface area contributed by atoms with Crippen molar-refractivity contribution in [3.63, 3.8) is 0 Å². The summed E-state index contributed by atoms with van der Waals surface area (Å²) >= 11 is 0. The maximum absolute atomic E-state index is 12.2. The van der Waals surface area contributed by atoms with Crippen LogP contribution < -0.4 is 16.0 Å². The second kappa shape index (κ2) is 6.78. The Labute approximate surface area is 122 Å². The molecule has 0 aliphatic carbocycles. The molecular formula is C14H20F3N3O. The molecule has 0 radical (unpaired) electrons. The van der Waals surface area contributed by atoms with Crippen molar-refractivity contribution in [1.29, 1.82) is 0 Å². The molecule has 0 bridgehead atoms. The zero-order chi connectivity index (χ0) is 15.3. The Morgan fingerprint density at radius 3 is 3.05 bits per heavy atom. The van der Waals surface area contributed by atoms with Crippen molar-refractivity contribution in [3.8, 4) is 0 Å². The van der Waals surface area contributed by atoms with Gasteiger partial charge in [-0.2, -0.15) is 13.2 Å². The molecule has 0 saturated carbocycles. The van der Waals surface area contributed by atoms with Gasteiger partial charge in [0.05, 0.1) is 6.61 Å². The van der Waals surface area contributed by atoms with Crippen LogP contribution in [-0.2, 0) is 4.74 Å². The molecule has 7 heteroatoms. The molecule has 4 nitrogen and oxygen atoms in total. The summed E-state index contributed by atoms with van der Waals surface area (Å²) in [6, 6.07) is 0.0679. The van der Waals surface area contributed by atoms with Gasteiger partial charge in [-0.05, 0) is 31.4 Å². The van der Waals surface area contributed by atoms with E-state index in [-0.39, 0.29) is 18.5 Å². The van der Waals surface area contributed by atoms with Crippen molar-refractivity contribution in [2.75, 3.05) is 13.2 Å². The van der Waals surface area contributed by atoms with Crippen LogP contribution in [0.2, 0.25) is 0 Å². The molecule has 0 aromatic rings. The number of allylic oxidation sites excluding steroid dienone is 3. The fraction of sp³-hybridized carbons (Fsp3) is 0.571. The summed E-state index contributed by atoms with van der Waals surface area (Å²) in [6.45, 7) is 2.64. The molecular weight excluding hydrogens is 283 g/mol. The van der Waals surface area contributed by atoms with Gasteiger partial charge in [-0.1, -0.05) is 12.2 Å². The second-order valence-electron chi connectivity index (χ2n) is 4.95. The van der Waals surface area contributed by atoms with Gasteiger partial charge >= 0.3 is 6.30 Å². The highest BCUT2D eigenvalue weighted by atomic mass is 19.4. The van der Waals surface area contributed by atoms with Crippen LogP contribution in [0.25, 0.3) is 0 Å². The number of halogens is 3. The van der Waals surface area contributed by atoms with Crippen LogP contribution in [0.4, 0.5) is 13.2 Å². The summed E-state index contributed by atoms with van der Waals surface area (Å²) in [6.07, 6.45) is 3.65. The summed E-state index contributed by atoms with van der Waals surface area (Å²) in [5.41, 5.74) is 1.26. The lowest BCUT2D eigenvalue weighted by Gasteiger charge is -2.29. The van der Waals surface area contributed by atoms with E-state index in [1.807, 2.05) is 6.08 Å². The molecule has 118 valence electrons. The minimum Gasteiger partial charge on any atom is -0.479 e. The van der Waals surface area contributed by atoms with E-state index < -0.39 is 6.30 Å². The first-order valence-electron chi connectivity index (χ1n) is 7.04. The van der Waals surface area contributed by atoms with E-state index in [9.17, 15) is 13.2 Å². The average molecular weight is 303 g/mol. The number of nitrogens with one attached hydrogen (secondary N) is 3. The van der Waals surface area contributed by atoms with Crippen LogP contribution in [0.3, 0.4) is 0 Å². The van der Waals surface area contributed by atoms with E-state index in [1.165, 1.54) is 23.9 Å². The van der Waals surface area contributed by atoms with E-state index in [2.05, 4.69) is 16.7 Å². The molecule has 2 heterocycles. The Morgan fingerprint density at radius 1 is 1.52 bits per heavy atom. The molecule has 2 rings (SSSR count). The quantitative estimate of drug-likeness (QED) is 0.539. The molecule has 0 amide bonds. The zero-order valence-electron chi connectivity index (χ0n) is 11.9. The van der Waals surface area contributed by atoms with Crippen LogP contribution in [0.1, 0.15) is 26.2 Å². The van der Waals surface area contributed by atoms with E-state index in [0.29, 0.717) is 6.42 Å². The van der Waals surface area contributed by atoms with Crippen LogP contribution in [0.5, 0.6) is 0 Å². The van der Waals surface area contributed by atoms with Crippen molar-refractivity contribution in [3.05, 3.63) is 35.5 Å². The summed E-state index contributed by atoms with van der Waals surface area (Å²) in [4.78, 5) is 0. The molecule has 0 aromatic heterocycles. The molecule has 0 fully saturated rings. The molecule has 0 spiro atoms. The summed E-state index contributed by atoms with van der Waals surface area (Å²) in [5, 5.41) is 8.00. The van der Waals surface area contributed by atoms with Gasteiger partial charge < -0.3 is 15.4 Å². The summed E-state index contributed by atoms with van der Waals surface area (Å²) in [7, 11) is 0. The Hall–Kier alpha value is -1.79. The Morgan fingerprint density at radius 2 is 2.33 bits per heavy atom. The minimum atomic E-state index is -4.48. The fourth-order valence-electron chi connectivity index (χ4n) is 2.30. The number of alkyl halides is 3. The lowest BCUT2D eigenvalue weighted by atomic mass is 10.0. The van der Waals surface area contributed by atoms with Crippen LogP contribution >= 0.6 is 0 Å². The van der Waals surface area contributed by atoms with Crippen molar-refractivity contribution in [2.45, 2.75) is 38.5 Å². The van der Waals surface area contributed by atoms with E-state index >= 15 is 0 Å². The number of hydrogen-bond donors (Lipinski definition) is 3. The largest absolute Gasteiger partial charge is 0.484 e. The molecule has 0 aromatic carbocycles. The third kappa shape index (κ3) is 4.91. The summed E-state index contributed by atoms with van der Waals surface area (Å²) in [5.74, 6) is 0.770. The third-order valence-electron chi connectivity index (χ3n) is 3.32. The van der Waals surface area contributed by atoms with Crippen LogP contribution in [0, 0.1) is 0 Å². The first-order chi connectivity index (χ1) is 9.98. The first kappa shape index (κ1) is 15.6. The highest BCUT2D eigenvalue weighted by molar-refractivity contribution is 5.31. The van der Waals surface area contributed by atoms with Gasteiger partial charge in [0.15, 0.2) is 5.88 Å². The summed E-state index contributed by atoms with van der Waals surface area (Å²) < 4.78 is 41.7. The number of dihydropyridines is 1. The van der Waals surface area contributed by atoms with Crippen molar-refractivity contribution in [2.24, 2.45) is 0 Å². The first-order valence-corrected chi connectivity index (χ1v) is 7.04. The number of hydrogen-bond acceptors (Lipinski definition) is 4. The van der Waals surface area contributed by atoms with E-state index in [1.54, 1.807) is 0 Å². The van der Waals surface area contributed by atoms with Gasteiger partial charge in [-0.15, -0.1) is 0 Å². The minimum absolute atomic E-state index is 0.0679. The zero-order valence-corrected chi connectivity index (χ0v) is 11.9. The fourth-order valence-corrected chi connectivity index (χ4v) is 2.30. The maximum Gasteiger partial charge on any atom is 0.484 e. The van der Waals surface area contributed by atoms with Gasteiger partial charge in [0, 0.05) is 19.0 Å². The molecule has 21 heavy (non-hydrogen) atoms. The third-order valence-corrected chi connectivity index (χ3v) is 3.32. The lowest BCUT2D eigenvalue weighted by molar-refractivity contribution is -0.158. The molecule has 3 N–H and O–H groups in total. The van der Waals surface area contributed by atoms with Crippen molar-refractivity contribution < 1.29 is 17.9 Å². The van der Waals surface area contributed by atoms with E-state index in [4.69, 9.17) is 4.74 Å². The van der Waals surface area contributed by atoms with Gasteiger partial charge in [-0.3, -0.25) is 5.32 Å². The standard InChI is InChI=1S/C14H20F3N3O/c1-2-12(20-14(15,16)17)21-9-7-11-6-5-10-4-3-8-18-13(10)19-11/h2,5-6,11,18-20H,3-4,7-9H2,1H3/b12-2+. The van der Waals surface area contributed by atoms with Gasteiger partial charge in [-0.25, -0.2) is 0 Å². The maximum atomic E-state index is 12.2. The van der Waals surface area contributed by atoms with E-state index in [0.717, 1.165) is 25.2 Å². The smallest absolute Gasteiger partial charge is 0.479 e. The monoisotopic (exact) mass is 303 g/mol. The molecule has 1 unspecified atom stereocenters. The normalized spacial score (nSPS) is 22.3. The predicted octanol–water partition coefficient (Wildman–Crippen LogP) is 2.49. The van der Waals surface area contributed by atoms with Crippen LogP contribution in [0.15, 0.2) is 35.5 Å². The lowest BCUT2D eigenvalue weighted by Crippen LogP contribution is -2.40. The molecule has 0 saturated heterocycles. The topological polar surface area (TPSA) is 45.3 Å². The highest BCUT2D eigenvalue weighted by Crippen LogP contribution is 2.19. The van der Waals surface area contributed by atoms with Gasteiger partial charge in [0.25, 0.3) is 0 Å². The second-order valence-corrected chi connectivity index (χ2v) is 4.95. The van der Waals surface area contributed by atoms with Gasteiger partial charge in [0.2, 0.25) is 0 Å². The molecule has 2 aliphatic heterocycles. The number of rotatable bonds is 5. The highest BCUT2D eigenvalue weighted by Gasteiger charge is 2.28. The molecule has 2 aliphatic rings. The SMILES string of the molecule is C/C=C(\NC(F)(F)F)OCCC1C=CC2=C(NCCC2)N1. The van der Waals surface area contributed by atoms with Gasteiger partial charge in [0.1, 0.15) is 5.82 Å². The van der Waals surface area contributed by atoms with Crippen molar-refractivity contribution >= 4 is 0 Å². The Bertz CT molecular complexity index is 455. The van der Waals surface area contributed by atoms with Crippen molar-refractivity contribution in [1.82, 2.24) is 16.0 Å². The molecule has 1 atom stereocenters. The van der Waals surface area contributed by atoms with Crippen LogP contribution in [-0.4, -0.2) is 25.5 Å².